The van der Waals surface area contributed by atoms with Crippen molar-refractivity contribution in [2.45, 2.75) is 10.8 Å². The van der Waals surface area contributed by atoms with E-state index in [0.717, 1.165) is 4.88 Å². The van der Waals surface area contributed by atoms with Gasteiger partial charge in [-0.15, -0.1) is 35.3 Å². The van der Waals surface area contributed by atoms with Crippen LogP contribution in [0, 0.1) is 0 Å². The maximum Gasteiger partial charge on any atom is 0.252 e. The molecule has 0 aliphatic heterocycles. The van der Waals surface area contributed by atoms with Crippen molar-refractivity contribution in [1.29, 1.82) is 0 Å². The number of halogens is 1. The number of nitrogens with zero attached hydrogens (tertiary/aromatic N) is 2. The van der Waals surface area contributed by atoms with Crippen molar-refractivity contribution < 1.29 is 13.2 Å². The summed E-state index contributed by atoms with van der Waals surface area (Å²) >= 11 is 1.25. The van der Waals surface area contributed by atoms with Crippen LogP contribution in [0.25, 0.3) is 0 Å². The predicted molar refractivity (Wildman–Crippen MR) is 101 cm³/mol. The summed E-state index contributed by atoms with van der Waals surface area (Å²) in [6.07, 6.45) is 0. The predicted octanol–water partition coefficient (Wildman–Crippen LogP) is 0.928. The van der Waals surface area contributed by atoms with E-state index in [1.54, 1.807) is 26.3 Å². The third-order valence-electron chi connectivity index (χ3n) is 2.62. The molecule has 0 radical (unpaired) electrons. The quantitative estimate of drug-likeness (QED) is 0.273. The summed E-state index contributed by atoms with van der Waals surface area (Å²) in [7, 11) is 3.00. The monoisotopic (exact) mass is 462 g/mol. The fourth-order valence-corrected chi connectivity index (χ4v) is 3.90. The number of guanidine groups is 1. The standard InChI is InChI=1S/C12H22N4O3S2.HI/c1-13-12(14-7-8-19-4)15-9-10-5-6-11(20-10)21(17,18)16(2)3;/h5-6H,7-9H2,1-4H3,(H2,13,14,15);1H. The molecular weight excluding hydrogens is 439 g/mol. The summed E-state index contributed by atoms with van der Waals surface area (Å²) < 4.78 is 30.5. The number of nitrogens with one attached hydrogen (secondary N) is 2. The molecule has 0 fully saturated rings. The number of methoxy groups -OCH3 is 1. The van der Waals surface area contributed by atoms with Gasteiger partial charge in [-0.3, -0.25) is 4.99 Å². The Morgan fingerprint density at radius 1 is 1.36 bits per heavy atom. The van der Waals surface area contributed by atoms with Gasteiger partial charge in [0.1, 0.15) is 4.21 Å². The minimum Gasteiger partial charge on any atom is -0.383 e. The molecule has 0 aliphatic carbocycles. The van der Waals surface area contributed by atoms with E-state index in [4.69, 9.17) is 4.74 Å². The number of aliphatic imine (C=N–C) groups is 1. The van der Waals surface area contributed by atoms with Gasteiger partial charge in [-0.25, -0.2) is 12.7 Å². The van der Waals surface area contributed by atoms with Crippen LogP contribution in [-0.4, -0.2) is 60.1 Å². The highest BCUT2D eigenvalue weighted by Gasteiger charge is 2.19. The first-order chi connectivity index (χ1) is 9.91. The largest absolute Gasteiger partial charge is 0.383 e. The van der Waals surface area contributed by atoms with Crippen LogP contribution in [0.3, 0.4) is 0 Å². The number of sulfonamides is 1. The van der Waals surface area contributed by atoms with E-state index < -0.39 is 10.0 Å². The Morgan fingerprint density at radius 2 is 2.05 bits per heavy atom. The lowest BCUT2D eigenvalue weighted by atomic mass is 10.5. The van der Waals surface area contributed by atoms with Gasteiger partial charge in [-0.05, 0) is 12.1 Å². The molecular formula is C12H23IN4O3S2. The Bertz CT molecular complexity index is 573. The molecule has 0 aliphatic rings. The molecule has 22 heavy (non-hydrogen) atoms. The second-order valence-electron chi connectivity index (χ2n) is 4.35. The molecule has 0 saturated heterocycles. The van der Waals surface area contributed by atoms with Crippen molar-refractivity contribution in [2.24, 2.45) is 4.99 Å². The maximum absolute atomic E-state index is 12.0. The van der Waals surface area contributed by atoms with Crippen LogP contribution >= 0.6 is 35.3 Å². The van der Waals surface area contributed by atoms with Crippen LogP contribution in [0.5, 0.6) is 0 Å². The van der Waals surface area contributed by atoms with Crippen molar-refractivity contribution in [3.63, 3.8) is 0 Å². The Balaban J connectivity index is 0.00000441. The van der Waals surface area contributed by atoms with E-state index in [2.05, 4.69) is 15.6 Å². The minimum atomic E-state index is -3.36. The van der Waals surface area contributed by atoms with E-state index in [1.807, 2.05) is 0 Å². The van der Waals surface area contributed by atoms with Crippen LogP contribution < -0.4 is 10.6 Å². The number of thiophene rings is 1. The van der Waals surface area contributed by atoms with E-state index in [0.29, 0.717) is 29.9 Å². The molecule has 0 atom stereocenters. The van der Waals surface area contributed by atoms with Crippen LogP contribution in [0.1, 0.15) is 4.88 Å². The van der Waals surface area contributed by atoms with Crippen LogP contribution in [-0.2, 0) is 21.3 Å². The third-order valence-corrected chi connectivity index (χ3v) is 5.99. The summed E-state index contributed by atoms with van der Waals surface area (Å²) in [6.45, 7) is 1.76. The normalized spacial score (nSPS) is 12.1. The summed E-state index contributed by atoms with van der Waals surface area (Å²) in [6, 6.07) is 3.43. The van der Waals surface area contributed by atoms with Gasteiger partial charge >= 0.3 is 0 Å². The Hall–Kier alpha value is -0.430. The molecule has 1 heterocycles. The zero-order valence-electron chi connectivity index (χ0n) is 13.1. The number of hydrogen-bond acceptors (Lipinski definition) is 5. The zero-order chi connectivity index (χ0) is 15.9. The van der Waals surface area contributed by atoms with E-state index >= 15 is 0 Å². The minimum absolute atomic E-state index is 0. The van der Waals surface area contributed by atoms with Gasteiger partial charge in [0.2, 0.25) is 0 Å². The molecule has 0 unspecified atom stereocenters. The molecule has 2 N–H and O–H groups in total. The Morgan fingerprint density at radius 3 is 2.59 bits per heavy atom. The van der Waals surface area contributed by atoms with E-state index in [-0.39, 0.29) is 24.0 Å². The van der Waals surface area contributed by atoms with Gasteiger partial charge in [0.05, 0.1) is 13.2 Å². The molecule has 0 bridgehead atoms. The lowest BCUT2D eigenvalue weighted by Crippen LogP contribution is -2.38. The molecule has 7 nitrogen and oxygen atoms in total. The van der Waals surface area contributed by atoms with Gasteiger partial charge in [0.15, 0.2) is 5.96 Å². The Kier molecular flexibility index (Phi) is 10.2. The van der Waals surface area contributed by atoms with Crippen molar-refractivity contribution >= 4 is 51.3 Å². The van der Waals surface area contributed by atoms with Crippen LogP contribution in [0.15, 0.2) is 21.3 Å². The van der Waals surface area contributed by atoms with Gasteiger partial charge in [-0.1, -0.05) is 0 Å². The summed E-state index contributed by atoms with van der Waals surface area (Å²) in [5.74, 6) is 0.650. The average Bonchev–Trinajstić information content (AvgIpc) is 2.92. The maximum atomic E-state index is 12.0. The topological polar surface area (TPSA) is 83.0 Å². The van der Waals surface area contributed by atoms with Gasteiger partial charge < -0.3 is 15.4 Å². The molecule has 0 spiro atoms. The fraction of sp³-hybridized carbons (Fsp3) is 0.583. The molecule has 0 saturated carbocycles. The van der Waals surface area contributed by atoms with Gasteiger partial charge in [-0.2, -0.15) is 0 Å². The van der Waals surface area contributed by atoms with E-state index in [9.17, 15) is 8.42 Å². The van der Waals surface area contributed by atoms with Crippen LogP contribution in [0.4, 0.5) is 0 Å². The molecule has 1 aromatic heterocycles. The summed E-state index contributed by atoms with van der Waals surface area (Å²) in [5.41, 5.74) is 0. The van der Waals surface area contributed by atoms with E-state index in [1.165, 1.54) is 29.7 Å². The highest BCUT2D eigenvalue weighted by molar-refractivity contribution is 14.0. The zero-order valence-corrected chi connectivity index (χ0v) is 17.1. The summed E-state index contributed by atoms with van der Waals surface area (Å²) in [4.78, 5) is 5.00. The molecule has 0 amide bonds. The molecule has 1 rings (SSSR count). The fourth-order valence-electron chi connectivity index (χ4n) is 1.43. The molecule has 1 aromatic rings. The summed E-state index contributed by atoms with van der Waals surface area (Å²) in [5, 5.41) is 6.21. The number of hydrogen-bond donors (Lipinski definition) is 2. The van der Waals surface area contributed by atoms with Crippen LogP contribution in [0.2, 0.25) is 0 Å². The van der Waals surface area contributed by atoms with Crippen molar-refractivity contribution in [3.8, 4) is 0 Å². The smallest absolute Gasteiger partial charge is 0.252 e. The third kappa shape index (κ3) is 6.36. The number of ether oxygens (including phenoxy) is 1. The SMILES string of the molecule is CN=C(NCCOC)NCc1ccc(S(=O)(=O)N(C)C)s1.I. The second kappa shape index (κ2) is 10.4. The lowest BCUT2D eigenvalue weighted by Gasteiger charge is -2.10. The van der Waals surface area contributed by atoms with Crippen molar-refractivity contribution in [1.82, 2.24) is 14.9 Å². The number of rotatable bonds is 7. The first-order valence-electron chi connectivity index (χ1n) is 6.36. The molecule has 0 aromatic carbocycles. The van der Waals surface area contributed by atoms with Gasteiger partial charge in [0.25, 0.3) is 10.0 Å². The molecule has 128 valence electrons. The first kappa shape index (κ1) is 21.6. The lowest BCUT2D eigenvalue weighted by molar-refractivity contribution is 0.203. The molecule has 10 heteroatoms. The highest BCUT2D eigenvalue weighted by Crippen LogP contribution is 2.23. The first-order valence-corrected chi connectivity index (χ1v) is 8.62. The van der Waals surface area contributed by atoms with Crippen molar-refractivity contribution in [2.75, 3.05) is 41.4 Å². The second-order valence-corrected chi connectivity index (χ2v) is 7.90. The van der Waals surface area contributed by atoms with Crippen molar-refractivity contribution in [3.05, 3.63) is 17.0 Å². The van der Waals surface area contributed by atoms with Gasteiger partial charge in [0, 0.05) is 39.7 Å². The Labute approximate surface area is 153 Å². The highest BCUT2D eigenvalue weighted by atomic mass is 127. The average molecular weight is 462 g/mol.